The van der Waals surface area contributed by atoms with Crippen molar-refractivity contribution in [2.24, 2.45) is 0 Å². The van der Waals surface area contributed by atoms with Crippen LogP contribution in [-0.4, -0.2) is 27.3 Å². The van der Waals surface area contributed by atoms with Crippen molar-refractivity contribution in [2.45, 2.75) is 10.9 Å². The van der Waals surface area contributed by atoms with Gasteiger partial charge in [-0.05, 0) is 41.5 Å². The largest absolute Gasteiger partial charge is 0.454 e. The van der Waals surface area contributed by atoms with E-state index in [1.54, 1.807) is 17.8 Å². The highest BCUT2D eigenvalue weighted by molar-refractivity contribution is 7.99. The maximum Gasteiger partial charge on any atom is 0.231 e. The van der Waals surface area contributed by atoms with Gasteiger partial charge in [0.1, 0.15) is 18.2 Å². The standard InChI is InChI=1S/C19H13FN4O2S/c20-11-2-4-16-12(6-11)17-13(7-27-16)18(24-19(23-17)21-8-22-24)10-1-3-14-15(5-10)26-9-25-14/h1-6,8,18H,7,9H2,(H,21,22,23). The van der Waals surface area contributed by atoms with Crippen LogP contribution >= 0.6 is 11.8 Å². The Morgan fingerprint density at radius 1 is 1.15 bits per heavy atom. The van der Waals surface area contributed by atoms with Crippen molar-refractivity contribution in [3.05, 3.63) is 65.2 Å². The normalized spacial score (nSPS) is 19.2. The summed E-state index contributed by atoms with van der Waals surface area (Å²) in [5.41, 5.74) is 3.93. The highest BCUT2D eigenvalue weighted by atomic mass is 32.2. The molecule has 0 fully saturated rings. The summed E-state index contributed by atoms with van der Waals surface area (Å²) >= 11 is 1.70. The predicted molar refractivity (Wildman–Crippen MR) is 98.4 cm³/mol. The Hall–Kier alpha value is -3.00. The van der Waals surface area contributed by atoms with E-state index >= 15 is 0 Å². The average molecular weight is 380 g/mol. The minimum absolute atomic E-state index is 0.142. The molecule has 134 valence electrons. The number of thioether (sulfide) groups is 1. The van der Waals surface area contributed by atoms with Crippen LogP contribution in [0.3, 0.4) is 0 Å². The van der Waals surface area contributed by atoms with Crippen molar-refractivity contribution in [1.82, 2.24) is 14.8 Å². The van der Waals surface area contributed by atoms with E-state index in [0.29, 0.717) is 5.95 Å². The van der Waals surface area contributed by atoms with Crippen LogP contribution in [0.5, 0.6) is 11.5 Å². The molecule has 0 bridgehead atoms. The average Bonchev–Trinajstić information content (AvgIpc) is 3.34. The molecule has 1 atom stereocenters. The summed E-state index contributed by atoms with van der Waals surface area (Å²) in [5.74, 6) is 2.63. The minimum atomic E-state index is -0.253. The van der Waals surface area contributed by atoms with Crippen molar-refractivity contribution in [3.8, 4) is 11.5 Å². The van der Waals surface area contributed by atoms with E-state index in [9.17, 15) is 4.39 Å². The Morgan fingerprint density at radius 3 is 3.04 bits per heavy atom. The molecule has 0 spiro atoms. The lowest BCUT2D eigenvalue weighted by molar-refractivity contribution is 0.174. The van der Waals surface area contributed by atoms with E-state index in [4.69, 9.17) is 9.47 Å². The summed E-state index contributed by atoms with van der Waals surface area (Å²) in [6, 6.07) is 10.7. The molecule has 27 heavy (non-hydrogen) atoms. The monoisotopic (exact) mass is 380 g/mol. The second-order valence-corrected chi connectivity index (χ2v) is 7.52. The van der Waals surface area contributed by atoms with Crippen LogP contribution in [0.4, 0.5) is 10.3 Å². The highest BCUT2D eigenvalue weighted by Gasteiger charge is 2.35. The summed E-state index contributed by atoms with van der Waals surface area (Å²) in [4.78, 5) is 5.40. The zero-order valence-electron chi connectivity index (χ0n) is 14.0. The number of halogens is 1. The van der Waals surface area contributed by atoms with Gasteiger partial charge in [0.05, 0.1) is 5.70 Å². The summed E-state index contributed by atoms with van der Waals surface area (Å²) in [5, 5.41) is 7.77. The first kappa shape index (κ1) is 15.1. The maximum atomic E-state index is 13.9. The summed E-state index contributed by atoms with van der Waals surface area (Å²) in [6.07, 6.45) is 1.53. The van der Waals surface area contributed by atoms with E-state index in [-0.39, 0.29) is 18.7 Å². The molecule has 1 N–H and O–H groups in total. The zero-order chi connectivity index (χ0) is 18.0. The Balaban J connectivity index is 1.56. The molecule has 4 heterocycles. The smallest absolute Gasteiger partial charge is 0.231 e. The summed E-state index contributed by atoms with van der Waals surface area (Å²) in [7, 11) is 0. The van der Waals surface area contributed by atoms with Gasteiger partial charge in [0.2, 0.25) is 12.7 Å². The first-order valence-corrected chi connectivity index (χ1v) is 9.48. The fraction of sp³-hybridized carbons (Fsp3) is 0.158. The van der Waals surface area contributed by atoms with Gasteiger partial charge in [-0.15, -0.1) is 11.8 Å². The molecule has 0 saturated heterocycles. The topological polar surface area (TPSA) is 61.2 Å². The van der Waals surface area contributed by atoms with Crippen LogP contribution in [-0.2, 0) is 0 Å². The molecule has 8 heteroatoms. The molecular weight excluding hydrogens is 367 g/mol. The lowest BCUT2D eigenvalue weighted by Gasteiger charge is -2.34. The van der Waals surface area contributed by atoms with Crippen molar-refractivity contribution in [3.63, 3.8) is 0 Å². The molecule has 3 aliphatic rings. The molecule has 0 amide bonds. The zero-order valence-corrected chi connectivity index (χ0v) is 14.8. The minimum Gasteiger partial charge on any atom is -0.454 e. The van der Waals surface area contributed by atoms with E-state index in [1.807, 2.05) is 28.9 Å². The van der Waals surface area contributed by atoms with Gasteiger partial charge in [-0.2, -0.15) is 10.1 Å². The van der Waals surface area contributed by atoms with E-state index in [2.05, 4.69) is 15.4 Å². The number of nitrogens with one attached hydrogen (secondary N) is 1. The number of anilines is 1. The van der Waals surface area contributed by atoms with Gasteiger partial charge in [-0.3, -0.25) is 0 Å². The van der Waals surface area contributed by atoms with Crippen LogP contribution in [0.2, 0.25) is 0 Å². The molecule has 6 nitrogen and oxygen atoms in total. The molecule has 3 aliphatic heterocycles. The fourth-order valence-corrected chi connectivity index (χ4v) is 4.89. The van der Waals surface area contributed by atoms with Crippen LogP contribution in [0, 0.1) is 5.82 Å². The van der Waals surface area contributed by atoms with Crippen LogP contribution in [0.15, 0.2) is 53.2 Å². The summed E-state index contributed by atoms with van der Waals surface area (Å²) in [6.45, 7) is 0.232. The molecule has 1 aromatic heterocycles. The molecule has 3 aromatic rings. The van der Waals surface area contributed by atoms with Crippen molar-refractivity contribution in [1.29, 1.82) is 0 Å². The van der Waals surface area contributed by atoms with Crippen molar-refractivity contribution in [2.75, 3.05) is 17.9 Å². The second kappa shape index (κ2) is 5.50. The van der Waals surface area contributed by atoms with Gasteiger partial charge in [-0.1, -0.05) is 6.07 Å². The van der Waals surface area contributed by atoms with Crippen LogP contribution < -0.4 is 14.8 Å². The van der Waals surface area contributed by atoms with Gasteiger partial charge < -0.3 is 14.8 Å². The van der Waals surface area contributed by atoms with E-state index in [0.717, 1.165) is 44.5 Å². The number of benzene rings is 2. The third-order valence-electron chi connectivity index (χ3n) is 5.01. The van der Waals surface area contributed by atoms with Gasteiger partial charge >= 0.3 is 0 Å². The maximum absolute atomic E-state index is 13.9. The molecule has 6 rings (SSSR count). The Bertz CT molecular complexity index is 1130. The van der Waals surface area contributed by atoms with Crippen molar-refractivity contribution >= 4 is 23.4 Å². The third-order valence-corrected chi connectivity index (χ3v) is 6.13. The first-order valence-electron chi connectivity index (χ1n) is 8.50. The second-order valence-electron chi connectivity index (χ2n) is 6.50. The molecule has 0 aliphatic carbocycles. The number of hydrogen-bond donors (Lipinski definition) is 1. The fourth-order valence-electron chi connectivity index (χ4n) is 3.80. The number of aromatic nitrogens is 3. The van der Waals surface area contributed by atoms with Crippen molar-refractivity contribution < 1.29 is 13.9 Å². The SMILES string of the molecule is Fc1ccc2c(c1)C1=C(CS2)C(c2ccc3c(c2)OCO3)n2ncnc2N1. The quantitative estimate of drug-likeness (QED) is 0.695. The summed E-state index contributed by atoms with van der Waals surface area (Å²) < 4.78 is 26.8. The number of rotatable bonds is 1. The number of ether oxygens (including phenoxy) is 2. The number of fused-ring (bicyclic) bond motifs is 4. The molecule has 1 unspecified atom stereocenters. The molecule has 0 saturated carbocycles. The Morgan fingerprint density at radius 2 is 2.07 bits per heavy atom. The predicted octanol–water partition coefficient (Wildman–Crippen LogP) is 3.68. The molecule has 2 aromatic carbocycles. The van der Waals surface area contributed by atoms with Gasteiger partial charge in [-0.25, -0.2) is 9.07 Å². The van der Waals surface area contributed by atoms with Gasteiger partial charge in [0.25, 0.3) is 0 Å². The lowest BCUT2D eigenvalue weighted by Crippen LogP contribution is -2.27. The van der Waals surface area contributed by atoms with Gasteiger partial charge in [0.15, 0.2) is 11.5 Å². The van der Waals surface area contributed by atoms with Gasteiger partial charge in [0, 0.05) is 16.2 Å². The Kier molecular flexibility index (Phi) is 3.07. The molecule has 0 radical (unpaired) electrons. The van der Waals surface area contributed by atoms with Crippen LogP contribution in [0.25, 0.3) is 5.70 Å². The first-order chi connectivity index (χ1) is 13.3. The van der Waals surface area contributed by atoms with E-state index < -0.39 is 0 Å². The number of hydrogen-bond acceptors (Lipinski definition) is 6. The van der Waals surface area contributed by atoms with Crippen LogP contribution in [0.1, 0.15) is 17.2 Å². The highest BCUT2D eigenvalue weighted by Crippen LogP contribution is 2.47. The van der Waals surface area contributed by atoms with E-state index in [1.165, 1.54) is 12.4 Å². The Labute approximate surface area is 158 Å². The number of nitrogens with zero attached hydrogens (tertiary/aromatic N) is 3. The molecular formula is C19H13FN4O2S. The third kappa shape index (κ3) is 2.19. The lowest BCUT2D eigenvalue weighted by atomic mass is 9.93.